The van der Waals surface area contributed by atoms with Crippen LogP contribution in [0.25, 0.3) is 0 Å². The van der Waals surface area contributed by atoms with Gasteiger partial charge in [-0.25, -0.2) is 9.37 Å². The molecule has 2 heterocycles. The van der Waals surface area contributed by atoms with Crippen molar-refractivity contribution in [1.82, 2.24) is 4.98 Å². The summed E-state index contributed by atoms with van der Waals surface area (Å²) in [5.41, 5.74) is 2.74. The summed E-state index contributed by atoms with van der Waals surface area (Å²) in [7, 11) is 1.79. The number of likely N-dealkylation sites (N-methyl/N-ethyl adjacent to an activating group) is 1. The van der Waals surface area contributed by atoms with Crippen LogP contribution in [-0.4, -0.2) is 37.5 Å². The van der Waals surface area contributed by atoms with Gasteiger partial charge in [0.1, 0.15) is 18.1 Å². The number of halogens is 1. The average Bonchev–Trinajstić information content (AvgIpc) is 3.04. The highest BCUT2D eigenvalue weighted by Gasteiger charge is 2.33. The fraction of sp³-hybridized carbons (Fsp3) is 0.571. The summed E-state index contributed by atoms with van der Waals surface area (Å²) in [6.45, 7) is 0.475. The smallest absolute Gasteiger partial charge is 0.147 e. The molecule has 2 unspecified atom stereocenters. The molecule has 1 saturated heterocycles. The fourth-order valence-corrected chi connectivity index (χ4v) is 2.84. The third-order valence-electron chi connectivity index (χ3n) is 3.97. The summed E-state index contributed by atoms with van der Waals surface area (Å²) in [6.07, 6.45) is 1.99. The normalized spacial score (nSPS) is 25.1. The molecule has 1 aromatic heterocycles. The minimum atomic E-state index is -1.02. The van der Waals surface area contributed by atoms with E-state index in [1.54, 1.807) is 11.9 Å². The lowest BCUT2D eigenvalue weighted by molar-refractivity contribution is 0.173. The van der Waals surface area contributed by atoms with Crippen molar-refractivity contribution in [1.29, 1.82) is 5.26 Å². The topological polar surface area (TPSA) is 49.2 Å². The Morgan fingerprint density at radius 3 is 3.00 bits per heavy atom. The zero-order valence-electron chi connectivity index (χ0n) is 10.9. The molecule has 1 aromatic rings. The predicted octanol–water partition coefficient (Wildman–Crippen LogP) is 1.62. The van der Waals surface area contributed by atoms with Crippen LogP contribution in [0, 0.1) is 11.3 Å². The first-order valence-electron chi connectivity index (χ1n) is 6.58. The first kappa shape index (κ1) is 12.4. The second-order valence-corrected chi connectivity index (χ2v) is 5.16. The lowest BCUT2D eigenvalue weighted by Crippen LogP contribution is -2.39. The second kappa shape index (κ2) is 4.78. The summed E-state index contributed by atoms with van der Waals surface area (Å²) < 4.78 is 18.9. The maximum absolute atomic E-state index is 13.8. The molecule has 5 heteroatoms. The highest BCUT2D eigenvalue weighted by Crippen LogP contribution is 2.29. The van der Waals surface area contributed by atoms with Gasteiger partial charge < -0.3 is 9.64 Å². The van der Waals surface area contributed by atoms with Crippen LogP contribution in [0.1, 0.15) is 23.2 Å². The molecule has 0 aromatic carbocycles. The van der Waals surface area contributed by atoms with Gasteiger partial charge in [-0.15, -0.1) is 0 Å². The number of pyridine rings is 1. The number of nitriles is 1. The number of alkyl halides is 1. The van der Waals surface area contributed by atoms with E-state index in [1.807, 2.05) is 6.07 Å². The number of nitrogens with zero attached hydrogens (tertiary/aromatic N) is 3. The minimum absolute atomic E-state index is 0.127. The molecule has 1 aliphatic heterocycles. The lowest BCUT2D eigenvalue weighted by Gasteiger charge is -2.27. The molecule has 2 atom stereocenters. The maximum atomic E-state index is 13.8. The maximum Gasteiger partial charge on any atom is 0.147 e. The van der Waals surface area contributed by atoms with E-state index in [2.05, 4.69) is 11.1 Å². The molecule has 0 saturated carbocycles. The van der Waals surface area contributed by atoms with E-state index >= 15 is 0 Å². The quantitative estimate of drug-likeness (QED) is 0.811. The molecular formula is C14H16FN3O. The number of aromatic nitrogens is 1. The van der Waals surface area contributed by atoms with Gasteiger partial charge in [0.2, 0.25) is 0 Å². The number of hydrogen-bond acceptors (Lipinski definition) is 4. The Kier molecular flexibility index (Phi) is 3.11. The molecular weight excluding hydrogens is 245 g/mol. The highest BCUT2D eigenvalue weighted by molar-refractivity contribution is 5.57. The SMILES string of the molecule is CN(c1nc2c(cc1C#N)CCC2)C1COCC1F. The zero-order valence-corrected chi connectivity index (χ0v) is 10.9. The number of rotatable bonds is 2. The molecule has 0 bridgehead atoms. The number of anilines is 1. The standard InChI is InChI=1S/C14H16FN3O/c1-18(13-8-19-7-11(13)15)14-10(6-16)5-9-3-2-4-12(9)17-14/h5,11,13H,2-4,7-8H2,1H3. The van der Waals surface area contributed by atoms with Crippen molar-refractivity contribution in [2.75, 3.05) is 25.2 Å². The number of ether oxygens (including phenoxy) is 1. The van der Waals surface area contributed by atoms with Crippen molar-refractivity contribution in [2.24, 2.45) is 0 Å². The van der Waals surface area contributed by atoms with E-state index in [9.17, 15) is 9.65 Å². The van der Waals surface area contributed by atoms with Crippen molar-refractivity contribution in [3.05, 3.63) is 22.9 Å². The summed E-state index contributed by atoms with van der Waals surface area (Å²) in [6, 6.07) is 3.74. The van der Waals surface area contributed by atoms with Crippen LogP contribution in [0.4, 0.5) is 10.2 Å². The van der Waals surface area contributed by atoms with E-state index < -0.39 is 6.17 Å². The van der Waals surface area contributed by atoms with Crippen molar-refractivity contribution < 1.29 is 9.13 Å². The largest absolute Gasteiger partial charge is 0.376 e. The third-order valence-corrected chi connectivity index (χ3v) is 3.97. The van der Waals surface area contributed by atoms with Gasteiger partial charge in [-0.1, -0.05) is 0 Å². The van der Waals surface area contributed by atoms with Crippen molar-refractivity contribution in [3.8, 4) is 6.07 Å². The fourth-order valence-electron chi connectivity index (χ4n) is 2.84. The zero-order chi connectivity index (χ0) is 13.4. The van der Waals surface area contributed by atoms with Gasteiger partial charge in [0, 0.05) is 12.7 Å². The van der Waals surface area contributed by atoms with Gasteiger partial charge in [0.05, 0.1) is 24.8 Å². The Balaban J connectivity index is 1.97. The van der Waals surface area contributed by atoms with Crippen LogP contribution in [0.15, 0.2) is 6.07 Å². The Bertz CT molecular complexity index is 540. The Morgan fingerprint density at radius 2 is 2.32 bits per heavy atom. The highest BCUT2D eigenvalue weighted by atomic mass is 19.1. The monoisotopic (exact) mass is 261 g/mol. The van der Waals surface area contributed by atoms with E-state index in [0.29, 0.717) is 18.0 Å². The Labute approximate surface area is 111 Å². The molecule has 1 fully saturated rings. The van der Waals surface area contributed by atoms with E-state index in [4.69, 9.17) is 4.74 Å². The predicted molar refractivity (Wildman–Crippen MR) is 68.9 cm³/mol. The van der Waals surface area contributed by atoms with Crippen molar-refractivity contribution >= 4 is 5.82 Å². The van der Waals surface area contributed by atoms with Crippen molar-refractivity contribution in [3.63, 3.8) is 0 Å². The molecule has 2 aliphatic rings. The number of fused-ring (bicyclic) bond motifs is 1. The van der Waals surface area contributed by atoms with Gasteiger partial charge in [-0.05, 0) is 30.9 Å². The van der Waals surface area contributed by atoms with E-state index in [1.165, 1.54) is 0 Å². The molecule has 0 spiro atoms. The molecule has 1 aliphatic carbocycles. The van der Waals surface area contributed by atoms with Gasteiger partial charge in [-0.2, -0.15) is 5.26 Å². The van der Waals surface area contributed by atoms with Crippen LogP contribution >= 0.6 is 0 Å². The molecule has 19 heavy (non-hydrogen) atoms. The molecule has 3 rings (SSSR count). The van der Waals surface area contributed by atoms with Crippen LogP contribution in [0.5, 0.6) is 0 Å². The molecule has 4 nitrogen and oxygen atoms in total. The van der Waals surface area contributed by atoms with Crippen LogP contribution in [0.3, 0.4) is 0 Å². The minimum Gasteiger partial charge on any atom is -0.376 e. The van der Waals surface area contributed by atoms with Crippen molar-refractivity contribution in [2.45, 2.75) is 31.5 Å². The van der Waals surface area contributed by atoms with Gasteiger partial charge in [-0.3, -0.25) is 0 Å². The summed E-state index contributed by atoms with van der Waals surface area (Å²) in [4.78, 5) is 6.34. The Hall–Kier alpha value is -1.67. The van der Waals surface area contributed by atoms with Crippen LogP contribution < -0.4 is 4.90 Å². The summed E-state index contributed by atoms with van der Waals surface area (Å²) >= 11 is 0. The number of aryl methyl sites for hydroxylation is 2. The first-order chi connectivity index (χ1) is 9.20. The summed E-state index contributed by atoms with van der Waals surface area (Å²) in [5.74, 6) is 0.585. The molecule has 0 radical (unpaired) electrons. The first-order valence-corrected chi connectivity index (χ1v) is 6.58. The lowest BCUT2D eigenvalue weighted by atomic mass is 10.1. The Morgan fingerprint density at radius 1 is 1.47 bits per heavy atom. The van der Waals surface area contributed by atoms with Crippen LogP contribution in [0.2, 0.25) is 0 Å². The van der Waals surface area contributed by atoms with Gasteiger partial charge >= 0.3 is 0 Å². The van der Waals surface area contributed by atoms with E-state index in [-0.39, 0.29) is 12.6 Å². The third kappa shape index (κ3) is 2.06. The van der Waals surface area contributed by atoms with Gasteiger partial charge in [0.15, 0.2) is 0 Å². The molecule has 0 N–H and O–H groups in total. The number of hydrogen-bond donors (Lipinski definition) is 0. The van der Waals surface area contributed by atoms with E-state index in [0.717, 1.165) is 30.5 Å². The summed E-state index contributed by atoms with van der Waals surface area (Å²) in [5, 5.41) is 9.27. The molecule has 100 valence electrons. The second-order valence-electron chi connectivity index (χ2n) is 5.16. The molecule has 0 amide bonds. The van der Waals surface area contributed by atoms with Crippen LogP contribution in [-0.2, 0) is 17.6 Å². The van der Waals surface area contributed by atoms with Gasteiger partial charge in [0.25, 0.3) is 0 Å². The average molecular weight is 261 g/mol.